The van der Waals surface area contributed by atoms with E-state index in [0.717, 1.165) is 6.07 Å². The summed E-state index contributed by atoms with van der Waals surface area (Å²) in [5, 5.41) is 12.1. The molecule has 0 unspecified atom stereocenters. The molecular formula is C24H18ClF3N2O4S. The summed E-state index contributed by atoms with van der Waals surface area (Å²) in [7, 11) is -3.36. The van der Waals surface area contributed by atoms with Gasteiger partial charge in [-0.3, -0.25) is 4.79 Å². The summed E-state index contributed by atoms with van der Waals surface area (Å²) in [5.74, 6) is -1.04. The van der Waals surface area contributed by atoms with Gasteiger partial charge in [0.05, 0.1) is 33.7 Å². The van der Waals surface area contributed by atoms with E-state index in [2.05, 4.69) is 10.1 Å². The number of para-hydroxylation sites is 1. The van der Waals surface area contributed by atoms with Crippen LogP contribution in [0.5, 0.6) is 5.75 Å². The van der Waals surface area contributed by atoms with Gasteiger partial charge in [-0.1, -0.05) is 48.9 Å². The van der Waals surface area contributed by atoms with E-state index < -0.39 is 27.9 Å². The Bertz CT molecular complexity index is 1400. The molecule has 35 heavy (non-hydrogen) atoms. The number of rotatable bonds is 7. The molecule has 0 aliphatic rings. The minimum absolute atomic E-state index is 0.0275. The summed E-state index contributed by atoms with van der Waals surface area (Å²) in [6.45, 7) is 1.53. The van der Waals surface area contributed by atoms with E-state index in [1.165, 1.54) is 61.5 Å². The standard InChI is InChI=1S/C24H18ClF3N2O4S/c1-2-35(32,33)18-9-7-15(8-10-18)11-22(31)30-17-12-16(14-29)23(20(25)13-17)19-5-3-4-6-21(19)34-24(26,27)28/h3-10,12-13H,2,11H2,1H3,(H,30,31). The summed E-state index contributed by atoms with van der Waals surface area (Å²) in [4.78, 5) is 12.6. The van der Waals surface area contributed by atoms with Crippen LogP contribution in [0.3, 0.4) is 0 Å². The van der Waals surface area contributed by atoms with Crippen molar-refractivity contribution in [2.75, 3.05) is 11.1 Å². The maximum Gasteiger partial charge on any atom is 0.573 e. The average Bonchev–Trinajstić information content (AvgIpc) is 2.78. The predicted octanol–water partition coefficient (Wildman–Crippen LogP) is 5.75. The first kappa shape index (κ1) is 26.1. The molecule has 0 aliphatic heterocycles. The van der Waals surface area contributed by atoms with Gasteiger partial charge in [-0.15, -0.1) is 13.2 Å². The number of nitriles is 1. The van der Waals surface area contributed by atoms with E-state index in [0.29, 0.717) is 5.56 Å². The molecule has 0 saturated carbocycles. The Balaban J connectivity index is 1.84. The molecule has 0 atom stereocenters. The molecule has 0 radical (unpaired) electrons. The summed E-state index contributed by atoms with van der Waals surface area (Å²) >= 11 is 6.31. The lowest BCUT2D eigenvalue weighted by Crippen LogP contribution is -2.17. The van der Waals surface area contributed by atoms with Gasteiger partial charge in [0, 0.05) is 16.8 Å². The second-order valence-corrected chi connectivity index (χ2v) is 9.99. The maximum atomic E-state index is 12.8. The summed E-state index contributed by atoms with van der Waals surface area (Å²) in [6, 6.07) is 15.6. The van der Waals surface area contributed by atoms with Gasteiger partial charge in [-0.25, -0.2) is 8.42 Å². The number of halogens is 4. The molecule has 3 aromatic carbocycles. The zero-order valence-corrected chi connectivity index (χ0v) is 19.8. The third-order valence-corrected chi connectivity index (χ3v) is 6.95. The van der Waals surface area contributed by atoms with Crippen molar-refractivity contribution in [3.63, 3.8) is 0 Å². The Hall–Kier alpha value is -3.55. The molecule has 3 aromatic rings. The van der Waals surface area contributed by atoms with Crippen molar-refractivity contribution >= 4 is 33.0 Å². The Morgan fingerprint density at radius 1 is 1.11 bits per heavy atom. The van der Waals surface area contributed by atoms with Crippen molar-refractivity contribution in [3.8, 4) is 22.9 Å². The first-order chi connectivity index (χ1) is 16.4. The fraction of sp³-hybridized carbons (Fsp3) is 0.167. The molecule has 1 amide bonds. The highest BCUT2D eigenvalue weighted by atomic mass is 35.5. The number of benzene rings is 3. The number of carbonyl (C=O) groups is 1. The predicted molar refractivity (Wildman–Crippen MR) is 125 cm³/mol. The van der Waals surface area contributed by atoms with Crippen LogP contribution in [-0.2, 0) is 21.1 Å². The van der Waals surface area contributed by atoms with Gasteiger partial charge in [-0.2, -0.15) is 5.26 Å². The van der Waals surface area contributed by atoms with Crippen molar-refractivity contribution in [1.29, 1.82) is 5.26 Å². The van der Waals surface area contributed by atoms with Crippen LogP contribution in [0.4, 0.5) is 18.9 Å². The number of nitrogens with zero attached hydrogens (tertiary/aromatic N) is 1. The van der Waals surface area contributed by atoms with Crippen molar-refractivity contribution in [1.82, 2.24) is 0 Å². The minimum atomic E-state index is -4.94. The Kier molecular flexibility index (Phi) is 7.73. The molecule has 0 bridgehead atoms. The molecule has 1 N–H and O–H groups in total. The molecule has 0 aliphatic carbocycles. The number of hydrogen-bond acceptors (Lipinski definition) is 5. The maximum absolute atomic E-state index is 12.8. The number of alkyl halides is 3. The third kappa shape index (κ3) is 6.53. The highest BCUT2D eigenvalue weighted by molar-refractivity contribution is 7.91. The smallest absolute Gasteiger partial charge is 0.405 e. The number of hydrogen-bond donors (Lipinski definition) is 1. The number of sulfone groups is 1. The lowest BCUT2D eigenvalue weighted by molar-refractivity contribution is -0.274. The molecule has 0 heterocycles. The zero-order valence-electron chi connectivity index (χ0n) is 18.2. The van der Waals surface area contributed by atoms with E-state index in [-0.39, 0.29) is 44.5 Å². The van der Waals surface area contributed by atoms with Crippen molar-refractivity contribution in [2.24, 2.45) is 0 Å². The molecule has 3 rings (SSSR count). The van der Waals surface area contributed by atoms with Gasteiger partial charge in [0.25, 0.3) is 0 Å². The average molecular weight is 523 g/mol. The van der Waals surface area contributed by atoms with Gasteiger partial charge >= 0.3 is 6.36 Å². The zero-order chi connectivity index (χ0) is 25.8. The number of amides is 1. The van der Waals surface area contributed by atoms with Gasteiger partial charge < -0.3 is 10.1 Å². The topological polar surface area (TPSA) is 96.3 Å². The van der Waals surface area contributed by atoms with Crippen molar-refractivity contribution < 1.29 is 31.1 Å². The quantitative estimate of drug-likeness (QED) is 0.426. The van der Waals surface area contributed by atoms with Gasteiger partial charge in [-0.05, 0) is 35.9 Å². The number of ether oxygens (including phenoxy) is 1. The van der Waals surface area contributed by atoms with Crippen LogP contribution < -0.4 is 10.1 Å². The van der Waals surface area contributed by atoms with Crippen LogP contribution in [0.15, 0.2) is 65.6 Å². The van der Waals surface area contributed by atoms with Gasteiger partial charge in [0.1, 0.15) is 5.75 Å². The van der Waals surface area contributed by atoms with Crippen LogP contribution in [0.25, 0.3) is 11.1 Å². The fourth-order valence-corrected chi connectivity index (χ4v) is 4.50. The number of anilines is 1. The highest BCUT2D eigenvalue weighted by Crippen LogP contribution is 2.40. The number of carbonyl (C=O) groups excluding carboxylic acids is 1. The Morgan fingerprint density at radius 2 is 1.77 bits per heavy atom. The summed E-state index contributed by atoms with van der Waals surface area (Å²) in [5.41, 5.74) is 0.643. The van der Waals surface area contributed by atoms with Gasteiger partial charge in [0.2, 0.25) is 5.91 Å². The summed E-state index contributed by atoms with van der Waals surface area (Å²) < 4.78 is 66.3. The van der Waals surface area contributed by atoms with Crippen LogP contribution in [0.1, 0.15) is 18.1 Å². The van der Waals surface area contributed by atoms with Crippen molar-refractivity contribution in [3.05, 3.63) is 76.8 Å². The second-order valence-electron chi connectivity index (χ2n) is 7.31. The Labute approximate surface area is 204 Å². The largest absolute Gasteiger partial charge is 0.573 e. The molecule has 182 valence electrons. The Morgan fingerprint density at radius 3 is 2.37 bits per heavy atom. The van der Waals surface area contributed by atoms with E-state index in [9.17, 15) is 31.6 Å². The van der Waals surface area contributed by atoms with E-state index >= 15 is 0 Å². The molecule has 0 saturated heterocycles. The lowest BCUT2D eigenvalue weighted by atomic mass is 9.98. The first-order valence-electron chi connectivity index (χ1n) is 10.1. The van der Waals surface area contributed by atoms with Crippen LogP contribution in [0, 0.1) is 11.3 Å². The molecule has 0 fully saturated rings. The van der Waals surface area contributed by atoms with Crippen molar-refractivity contribution in [2.45, 2.75) is 24.6 Å². The normalized spacial score (nSPS) is 11.5. The van der Waals surface area contributed by atoms with Gasteiger partial charge in [0.15, 0.2) is 9.84 Å². The molecule has 6 nitrogen and oxygen atoms in total. The number of nitrogens with one attached hydrogen (secondary N) is 1. The van der Waals surface area contributed by atoms with Crippen LogP contribution in [-0.4, -0.2) is 26.4 Å². The monoisotopic (exact) mass is 522 g/mol. The minimum Gasteiger partial charge on any atom is -0.405 e. The molecular weight excluding hydrogens is 505 g/mol. The second kappa shape index (κ2) is 10.4. The van der Waals surface area contributed by atoms with E-state index in [1.54, 1.807) is 0 Å². The van der Waals surface area contributed by atoms with E-state index in [1.807, 2.05) is 6.07 Å². The SMILES string of the molecule is CCS(=O)(=O)c1ccc(CC(=O)Nc2cc(Cl)c(-c3ccccc3OC(F)(F)F)c(C#N)c2)cc1. The first-order valence-corrected chi connectivity index (χ1v) is 12.2. The molecule has 0 aromatic heterocycles. The summed E-state index contributed by atoms with van der Waals surface area (Å²) in [6.07, 6.45) is -5.03. The van der Waals surface area contributed by atoms with Crippen LogP contribution >= 0.6 is 11.6 Å². The van der Waals surface area contributed by atoms with E-state index in [4.69, 9.17) is 11.6 Å². The lowest BCUT2D eigenvalue weighted by Gasteiger charge is -2.16. The fourth-order valence-electron chi connectivity index (χ4n) is 3.30. The third-order valence-electron chi connectivity index (χ3n) is 4.90. The van der Waals surface area contributed by atoms with Crippen LogP contribution in [0.2, 0.25) is 5.02 Å². The molecule has 0 spiro atoms. The molecule has 11 heteroatoms. The highest BCUT2D eigenvalue weighted by Gasteiger charge is 2.32.